The Morgan fingerprint density at radius 1 is 0.861 bits per heavy atom. The number of nitrogens with zero attached hydrogens (tertiary/aromatic N) is 1. The van der Waals surface area contributed by atoms with Gasteiger partial charge in [-0.15, -0.1) is 0 Å². The van der Waals surface area contributed by atoms with Crippen molar-refractivity contribution in [3.8, 4) is 0 Å². The standard InChI is InChI=1S/C31H37FN2O2/c1-5-33-30(36)28(21-24-9-7-6-8-10-24)34(22-25-13-18-27(32)19-14-25)29(35)20-15-23-11-16-26(17-12-23)31(2,3)4/h6-14,16-19,28H,5,15,20-22H2,1-4H3,(H,33,36). The topological polar surface area (TPSA) is 49.4 Å². The van der Waals surface area contributed by atoms with E-state index in [-0.39, 0.29) is 36.0 Å². The summed E-state index contributed by atoms with van der Waals surface area (Å²) >= 11 is 0. The van der Waals surface area contributed by atoms with Gasteiger partial charge in [-0.3, -0.25) is 9.59 Å². The zero-order valence-corrected chi connectivity index (χ0v) is 21.8. The predicted molar refractivity (Wildman–Crippen MR) is 143 cm³/mol. The second-order valence-corrected chi connectivity index (χ2v) is 10.2. The minimum absolute atomic E-state index is 0.0671. The van der Waals surface area contributed by atoms with Crippen LogP contribution in [0.5, 0.6) is 0 Å². The number of benzene rings is 3. The molecule has 3 aromatic carbocycles. The molecule has 190 valence electrons. The summed E-state index contributed by atoms with van der Waals surface area (Å²) in [6.07, 6.45) is 1.26. The average Bonchev–Trinajstić information content (AvgIpc) is 2.86. The maximum absolute atomic E-state index is 13.6. The molecule has 1 N–H and O–H groups in total. The van der Waals surface area contributed by atoms with E-state index in [0.717, 1.165) is 16.7 Å². The number of nitrogens with one attached hydrogen (secondary N) is 1. The van der Waals surface area contributed by atoms with Gasteiger partial charge in [0.2, 0.25) is 11.8 Å². The normalized spacial score (nSPS) is 12.1. The highest BCUT2D eigenvalue weighted by Gasteiger charge is 2.30. The first-order valence-corrected chi connectivity index (χ1v) is 12.6. The molecule has 0 radical (unpaired) electrons. The smallest absolute Gasteiger partial charge is 0.243 e. The van der Waals surface area contributed by atoms with Gasteiger partial charge in [0.15, 0.2) is 0 Å². The highest BCUT2D eigenvalue weighted by molar-refractivity contribution is 5.88. The van der Waals surface area contributed by atoms with Crippen LogP contribution in [0.2, 0.25) is 0 Å². The average molecular weight is 489 g/mol. The Balaban J connectivity index is 1.85. The summed E-state index contributed by atoms with van der Waals surface area (Å²) in [7, 11) is 0. The minimum Gasteiger partial charge on any atom is -0.355 e. The lowest BCUT2D eigenvalue weighted by atomic mass is 9.86. The summed E-state index contributed by atoms with van der Waals surface area (Å²) in [4.78, 5) is 28.5. The molecule has 1 unspecified atom stereocenters. The molecule has 36 heavy (non-hydrogen) atoms. The summed E-state index contributed by atoms with van der Waals surface area (Å²) in [6.45, 7) is 9.09. The molecule has 1 atom stereocenters. The Labute approximate surface area is 214 Å². The van der Waals surface area contributed by atoms with Crippen LogP contribution in [0.15, 0.2) is 78.9 Å². The number of likely N-dealkylation sites (N-methyl/N-ethyl adjacent to an activating group) is 1. The van der Waals surface area contributed by atoms with Crippen molar-refractivity contribution in [2.24, 2.45) is 0 Å². The van der Waals surface area contributed by atoms with E-state index in [1.807, 2.05) is 37.3 Å². The van der Waals surface area contributed by atoms with Gasteiger partial charge >= 0.3 is 0 Å². The molecule has 0 aliphatic heterocycles. The van der Waals surface area contributed by atoms with Crippen LogP contribution in [0.4, 0.5) is 4.39 Å². The third-order valence-electron chi connectivity index (χ3n) is 6.34. The monoisotopic (exact) mass is 488 g/mol. The van der Waals surface area contributed by atoms with E-state index in [4.69, 9.17) is 0 Å². The predicted octanol–water partition coefficient (Wildman–Crippen LogP) is 5.83. The van der Waals surface area contributed by atoms with Gasteiger partial charge < -0.3 is 10.2 Å². The molecule has 0 saturated heterocycles. The number of carbonyl (C=O) groups excluding carboxylic acids is 2. The third kappa shape index (κ3) is 7.77. The van der Waals surface area contributed by atoms with Gasteiger partial charge in [-0.2, -0.15) is 0 Å². The minimum atomic E-state index is -0.673. The molecular formula is C31H37FN2O2. The maximum Gasteiger partial charge on any atom is 0.243 e. The van der Waals surface area contributed by atoms with Crippen molar-refractivity contribution in [2.75, 3.05) is 6.54 Å². The van der Waals surface area contributed by atoms with Gasteiger partial charge in [0.25, 0.3) is 0 Å². The lowest BCUT2D eigenvalue weighted by molar-refractivity contribution is -0.141. The summed E-state index contributed by atoms with van der Waals surface area (Å²) in [6, 6.07) is 23.5. The molecule has 3 aromatic rings. The fourth-order valence-corrected chi connectivity index (χ4v) is 4.20. The van der Waals surface area contributed by atoms with E-state index in [0.29, 0.717) is 19.4 Å². The summed E-state index contributed by atoms with van der Waals surface area (Å²) in [5, 5.41) is 2.90. The quantitative estimate of drug-likeness (QED) is 0.390. The van der Waals surface area contributed by atoms with Crippen LogP contribution in [0.25, 0.3) is 0 Å². The van der Waals surface area contributed by atoms with Crippen molar-refractivity contribution in [1.82, 2.24) is 10.2 Å². The largest absolute Gasteiger partial charge is 0.355 e. The first-order valence-electron chi connectivity index (χ1n) is 12.6. The van der Waals surface area contributed by atoms with Crippen LogP contribution in [-0.2, 0) is 34.4 Å². The molecular weight excluding hydrogens is 451 g/mol. The van der Waals surface area contributed by atoms with E-state index in [1.165, 1.54) is 17.7 Å². The Morgan fingerprint density at radius 3 is 2.06 bits per heavy atom. The molecule has 0 saturated carbocycles. The van der Waals surface area contributed by atoms with E-state index in [1.54, 1.807) is 17.0 Å². The van der Waals surface area contributed by atoms with Crippen LogP contribution in [-0.4, -0.2) is 29.3 Å². The first-order chi connectivity index (χ1) is 17.2. The zero-order valence-electron chi connectivity index (χ0n) is 21.8. The maximum atomic E-state index is 13.6. The molecule has 0 heterocycles. The van der Waals surface area contributed by atoms with Gasteiger partial charge in [-0.05, 0) is 53.1 Å². The number of aryl methyl sites for hydroxylation is 1. The van der Waals surface area contributed by atoms with Gasteiger partial charge in [0.05, 0.1) is 0 Å². The zero-order chi connectivity index (χ0) is 26.1. The second-order valence-electron chi connectivity index (χ2n) is 10.2. The first kappa shape index (κ1) is 27.1. The number of rotatable bonds is 10. The fraction of sp³-hybridized carbons (Fsp3) is 0.355. The molecule has 0 aromatic heterocycles. The molecule has 4 nitrogen and oxygen atoms in total. The Bertz CT molecular complexity index is 1120. The third-order valence-corrected chi connectivity index (χ3v) is 6.34. The van der Waals surface area contributed by atoms with Crippen molar-refractivity contribution in [3.63, 3.8) is 0 Å². The molecule has 0 aliphatic rings. The SMILES string of the molecule is CCNC(=O)C(Cc1ccccc1)N(Cc1ccc(F)cc1)C(=O)CCc1ccc(C(C)(C)C)cc1. The van der Waals surface area contributed by atoms with E-state index >= 15 is 0 Å². The van der Waals surface area contributed by atoms with Crippen molar-refractivity contribution in [3.05, 3.63) is 107 Å². The van der Waals surface area contributed by atoms with Crippen molar-refractivity contribution >= 4 is 11.8 Å². The number of hydrogen-bond donors (Lipinski definition) is 1. The van der Waals surface area contributed by atoms with E-state index in [2.05, 4.69) is 50.4 Å². The molecule has 0 bridgehead atoms. The van der Waals surface area contributed by atoms with E-state index in [9.17, 15) is 14.0 Å². The lowest BCUT2D eigenvalue weighted by Gasteiger charge is -2.31. The Kier molecular flexibility index (Phi) is 9.40. The van der Waals surface area contributed by atoms with Gasteiger partial charge in [0, 0.05) is 25.9 Å². The van der Waals surface area contributed by atoms with Crippen molar-refractivity contribution in [1.29, 1.82) is 0 Å². The second kappa shape index (κ2) is 12.5. The molecule has 0 fully saturated rings. The van der Waals surface area contributed by atoms with Crippen LogP contribution in [0.1, 0.15) is 56.4 Å². The van der Waals surface area contributed by atoms with Gasteiger partial charge in [-0.1, -0.05) is 87.5 Å². The molecule has 2 amide bonds. The number of carbonyl (C=O) groups is 2. The van der Waals surface area contributed by atoms with Gasteiger partial charge in [-0.25, -0.2) is 4.39 Å². The lowest BCUT2D eigenvalue weighted by Crippen LogP contribution is -2.50. The highest BCUT2D eigenvalue weighted by atomic mass is 19.1. The fourth-order valence-electron chi connectivity index (χ4n) is 4.20. The number of halogens is 1. The van der Waals surface area contributed by atoms with Crippen LogP contribution >= 0.6 is 0 Å². The van der Waals surface area contributed by atoms with Crippen LogP contribution in [0, 0.1) is 5.82 Å². The molecule has 0 aliphatic carbocycles. The Hall–Kier alpha value is -3.47. The number of hydrogen-bond acceptors (Lipinski definition) is 2. The van der Waals surface area contributed by atoms with Crippen molar-refractivity contribution < 1.29 is 14.0 Å². The van der Waals surface area contributed by atoms with Gasteiger partial charge in [0.1, 0.15) is 11.9 Å². The molecule has 3 rings (SSSR count). The Morgan fingerprint density at radius 2 is 1.47 bits per heavy atom. The molecule has 5 heteroatoms. The summed E-state index contributed by atoms with van der Waals surface area (Å²) in [5.74, 6) is -0.627. The van der Waals surface area contributed by atoms with Crippen LogP contribution in [0.3, 0.4) is 0 Å². The van der Waals surface area contributed by atoms with Crippen molar-refractivity contribution in [2.45, 2.75) is 65.0 Å². The summed E-state index contributed by atoms with van der Waals surface area (Å²) < 4.78 is 13.5. The van der Waals surface area contributed by atoms with Crippen LogP contribution < -0.4 is 5.32 Å². The summed E-state index contributed by atoms with van der Waals surface area (Å²) in [5.41, 5.74) is 4.15. The highest BCUT2D eigenvalue weighted by Crippen LogP contribution is 2.23. The number of amides is 2. The molecule has 0 spiro atoms. The van der Waals surface area contributed by atoms with E-state index < -0.39 is 6.04 Å².